The third-order valence-corrected chi connectivity index (χ3v) is 5.79. The second-order valence-electron chi connectivity index (χ2n) is 7.69. The predicted molar refractivity (Wildman–Crippen MR) is 108 cm³/mol. The Kier molecular flexibility index (Phi) is 6.03. The summed E-state index contributed by atoms with van der Waals surface area (Å²) in [5.41, 5.74) is 0. The van der Waals surface area contributed by atoms with E-state index in [1.165, 1.54) is 26.2 Å². The average Bonchev–Trinajstić information content (AvgIpc) is 2.74. The first-order valence-electron chi connectivity index (χ1n) is 10.3. The van der Waals surface area contributed by atoms with E-state index in [2.05, 4.69) is 42.2 Å². The third kappa shape index (κ3) is 4.68. The minimum atomic E-state index is 0.368. The third-order valence-electron chi connectivity index (χ3n) is 5.79. The van der Waals surface area contributed by atoms with E-state index in [4.69, 9.17) is 4.99 Å². The first-order chi connectivity index (χ1) is 13.3. The number of rotatable bonds is 5. The number of piperazine rings is 3. The van der Waals surface area contributed by atoms with Crippen molar-refractivity contribution in [1.82, 2.24) is 30.4 Å². The molecular weight excluding hydrogens is 340 g/mol. The molecule has 4 aliphatic rings. The molecule has 0 aliphatic carbocycles. The number of piperidine rings is 1. The number of guanidine groups is 1. The standard InChI is InChI=1S/C19H32N8/c1-2-20-18(23-13-17-15-25-9-11-26(17)12-10-25)24-16-5-3-8-27(14-16)19-21-6-4-7-22-19/h4,6-7,16-17H,2-3,5,8-15H2,1H3,(H2,20,23,24). The van der Waals surface area contributed by atoms with Crippen molar-refractivity contribution in [3.8, 4) is 0 Å². The molecule has 2 atom stereocenters. The van der Waals surface area contributed by atoms with Crippen molar-refractivity contribution in [2.24, 2.45) is 4.99 Å². The van der Waals surface area contributed by atoms with E-state index in [1.807, 2.05) is 18.5 Å². The zero-order valence-corrected chi connectivity index (χ0v) is 16.3. The van der Waals surface area contributed by atoms with Gasteiger partial charge in [-0.1, -0.05) is 0 Å². The van der Waals surface area contributed by atoms with Gasteiger partial charge in [0.15, 0.2) is 5.96 Å². The van der Waals surface area contributed by atoms with E-state index in [0.717, 1.165) is 57.5 Å². The Labute approximate surface area is 162 Å². The number of hydrogen-bond acceptors (Lipinski definition) is 6. The normalized spacial score (nSPS) is 31.0. The summed E-state index contributed by atoms with van der Waals surface area (Å²) in [5, 5.41) is 7.07. The maximum Gasteiger partial charge on any atom is 0.225 e. The summed E-state index contributed by atoms with van der Waals surface area (Å²) in [7, 11) is 0. The van der Waals surface area contributed by atoms with Crippen molar-refractivity contribution in [3.05, 3.63) is 18.5 Å². The molecule has 27 heavy (non-hydrogen) atoms. The van der Waals surface area contributed by atoms with Crippen molar-refractivity contribution in [3.63, 3.8) is 0 Å². The van der Waals surface area contributed by atoms with Gasteiger partial charge in [0, 0.05) is 76.8 Å². The highest BCUT2D eigenvalue weighted by molar-refractivity contribution is 5.80. The SMILES string of the molecule is CCNC(=NCC1CN2CCN1CC2)NC1CCCN(c2ncccn2)C1. The van der Waals surface area contributed by atoms with Crippen LogP contribution in [0, 0.1) is 0 Å². The lowest BCUT2D eigenvalue weighted by atomic mass is 10.1. The van der Waals surface area contributed by atoms with Crippen LogP contribution in [0.25, 0.3) is 0 Å². The fraction of sp³-hybridized carbons (Fsp3) is 0.737. The van der Waals surface area contributed by atoms with Gasteiger partial charge >= 0.3 is 0 Å². The van der Waals surface area contributed by atoms with Crippen LogP contribution in [0.1, 0.15) is 19.8 Å². The second kappa shape index (κ2) is 8.84. The Balaban J connectivity index is 1.34. The number of aromatic nitrogens is 2. The molecule has 2 unspecified atom stereocenters. The largest absolute Gasteiger partial charge is 0.357 e. The zero-order valence-electron chi connectivity index (χ0n) is 16.3. The van der Waals surface area contributed by atoms with Gasteiger partial charge in [0.25, 0.3) is 0 Å². The average molecular weight is 373 g/mol. The number of anilines is 1. The Morgan fingerprint density at radius 3 is 2.67 bits per heavy atom. The molecular formula is C19H32N8. The van der Waals surface area contributed by atoms with Crippen LogP contribution in [-0.4, -0.2) is 96.7 Å². The molecule has 0 radical (unpaired) electrons. The van der Waals surface area contributed by atoms with E-state index < -0.39 is 0 Å². The van der Waals surface area contributed by atoms with E-state index in [1.54, 1.807) is 0 Å². The molecule has 2 bridgehead atoms. The fourth-order valence-electron chi connectivity index (χ4n) is 4.34. The van der Waals surface area contributed by atoms with Gasteiger partial charge in [-0.25, -0.2) is 9.97 Å². The highest BCUT2D eigenvalue weighted by Gasteiger charge is 2.31. The molecule has 2 N–H and O–H groups in total. The smallest absolute Gasteiger partial charge is 0.225 e. The summed E-state index contributed by atoms with van der Waals surface area (Å²) in [6, 6.07) is 2.79. The minimum absolute atomic E-state index is 0.368. The number of nitrogens with zero attached hydrogens (tertiary/aromatic N) is 6. The molecule has 4 saturated heterocycles. The molecule has 148 valence electrons. The molecule has 5 rings (SSSR count). The van der Waals surface area contributed by atoms with Gasteiger partial charge in [-0.3, -0.25) is 14.8 Å². The van der Waals surface area contributed by atoms with Gasteiger partial charge < -0.3 is 15.5 Å². The molecule has 5 heterocycles. The molecule has 0 aromatic carbocycles. The fourth-order valence-corrected chi connectivity index (χ4v) is 4.34. The van der Waals surface area contributed by atoms with Crippen LogP contribution < -0.4 is 15.5 Å². The first kappa shape index (κ1) is 18.4. The topological polar surface area (TPSA) is 71.9 Å². The van der Waals surface area contributed by atoms with Gasteiger partial charge in [-0.05, 0) is 25.8 Å². The Morgan fingerprint density at radius 1 is 1.15 bits per heavy atom. The van der Waals surface area contributed by atoms with Crippen molar-refractivity contribution < 1.29 is 0 Å². The van der Waals surface area contributed by atoms with Crippen LogP contribution in [0.3, 0.4) is 0 Å². The number of aliphatic imine (C=N–C) groups is 1. The summed E-state index contributed by atoms with van der Waals surface area (Å²) >= 11 is 0. The first-order valence-corrected chi connectivity index (χ1v) is 10.3. The lowest BCUT2D eigenvalue weighted by Crippen LogP contribution is -2.62. The van der Waals surface area contributed by atoms with Gasteiger partial charge in [-0.15, -0.1) is 0 Å². The van der Waals surface area contributed by atoms with Crippen LogP contribution >= 0.6 is 0 Å². The highest BCUT2D eigenvalue weighted by atomic mass is 15.4. The number of nitrogens with one attached hydrogen (secondary N) is 2. The molecule has 0 amide bonds. The molecule has 4 aliphatic heterocycles. The van der Waals surface area contributed by atoms with E-state index in [-0.39, 0.29) is 0 Å². The molecule has 0 spiro atoms. The van der Waals surface area contributed by atoms with Crippen LogP contribution in [0.15, 0.2) is 23.5 Å². The highest BCUT2D eigenvalue weighted by Crippen LogP contribution is 2.17. The summed E-state index contributed by atoms with van der Waals surface area (Å²) in [4.78, 5) is 21.2. The van der Waals surface area contributed by atoms with Crippen molar-refractivity contribution in [2.75, 3.05) is 63.8 Å². The van der Waals surface area contributed by atoms with Gasteiger partial charge in [0.1, 0.15) is 0 Å². The van der Waals surface area contributed by atoms with Crippen molar-refractivity contribution >= 4 is 11.9 Å². The Bertz CT molecular complexity index is 613. The maximum absolute atomic E-state index is 4.92. The quantitative estimate of drug-likeness (QED) is 0.557. The summed E-state index contributed by atoms with van der Waals surface area (Å²) < 4.78 is 0. The Morgan fingerprint density at radius 2 is 1.96 bits per heavy atom. The van der Waals surface area contributed by atoms with Crippen LogP contribution in [0.5, 0.6) is 0 Å². The van der Waals surface area contributed by atoms with Crippen LogP contribution in [-0.2, 0) is 0 Å². The molecule has 8 nitrogen and oxygen atoms in total. The zero-order chi connectivity index (χ0) is 18.5. The van der Waals surface area contributed by atoms with Crippen LogP contribution in [0.2, 0.25) is 0 Å². The monoisotopic (exact) mass is 372 g/mol. The maximum atomic E-state index is 4.92. The summed E-state index contributed by atoms with van der Waals surface area (Å²) in [6.07, 6.45) is 5.92. The Hall–Kier alpha value is -1.93. The lowest BCUT2D eigenvalue weighted by Gasteiger charge is -2.47. The predicted octanol–water partition coefficient (Wildman–Crippen LogP) is 0.000300. The molecule has 0 saturated carbocycles. The van der Waals surface area contributed by atoms with E-state index >= 15 is 0 Å². The van der Waals surface area contributed by atoms with E-state index in [9.17, 15) is 0 Å². The second-order valence-corrected chi connectivity index (χ2v) is 7.69. The van der Waals surface area contributed by atoms with Gasteiger partial charge in [0.2, 0.25) is 5.95 Å². The van der Waals surface area contributed by atoms with Gasteiger partial charge in [-0.2, -0.15) is 0 Å². The number of hydrogen-bond donors (Lipinski definition) is 2. The van der Waals surface area contributed by atoms with Gasteiger partial charge in [0.05, 0.1) is 6.54 Å². The number of fused-ring (bicyclic) bond motifs is 3. The summed E-state index contributed by atoms with van der Waals surface area (Å²) in [6.45, 7) is 11.8. The lowest BCUT2D eigenvalue weighted by molar-refractivity contribution is 0.0174. The van der Waals surface area contributed by atoms with Crippen LogP contribution in [0.4, 0.5) is 5.95 Å². The summed E-state index contributed by atoms with van der Waals surface area (Å²) in [5.74, 6) is 1.77. The van der Waals surface area contributed by atoms with E-state index in [0.29, 0.717) is 12.1 Å². The van der Waals surface area contributed by atoms with Crippen molar-refractivity contribution in [1.29, 1.82) is 0 Å². The van der Waals surface area contributed by atoms with Crippen molar-refractivity contribution in [2.45, 2.75) is 31.8 Å². The molecule has 1 aromatic rings. The molecule has 8 heteroatoms. The molecule has 4 fully saturated rings. The molecule has 1 aromatic heterocycles. The minimum Gasteiger partial charge on any atom is -0.357 e.